The van der Waals surface area contributed by atoms with Crippen molar-refractivity contribution < 1.29 is 9.53 Å². The summed E-state index contributed by atoms with van der Waals surface area (Å²) in [7, 11) is 1.87. The number of aromatic nitrogens is 2. The minimum absolute atomic E-state index is 0.207. The summed E-state index contributed by atoms with van der Waals surface area (Å²) >= 11 is 5.48. The molecule has 1 N–H and O–H groups in total. The average Bonchev–Trinajstić information content (AvgIpc) is 2.89. The van der Waals surface area contributed by atoms with E-state index in [4.69, 9.17) is 26.9 Å². The van der Waals surface area contributed by atoms with Crippen molar-refractivity contribution in [3.63, 3.8) is 0 Å². The Kier molecular flexibility index (Phi) is 6.65. The second-order valence-electron chi connectivity index (χ2n) is 9.20. The molecule has 0 saturated carbocycles. The van der Waals surface area contributed by atoms with Gasteiger partial charge >= 0.3 is 0 Å². The fourth-order valence-corrected chi connectivity index (χ4v) is 4.48. The Balaban J connectivity index is 1.24. The predicted molar refractivity (Wildman–Crippen MR) is 148 cm³/mol. The molecule has 0 atom stereocenters. The normalized spacial score (nSPS) is 12.6. The summed E-state index contributed by atoms with van der Waals surface area (Å²) in [4.78, 5) is 24.2. The number of fused-ring (bicyclic) bond motifs is 2. The predicted octanol–water partition coefficient (Wildman–Crippen LogP) is 6.18. The smallest absolute Gasteiger partial charge is 0.269 e. The number of nitrogens with one attached hydrogen (secondary N) is 1. The molecule has 1 amide bonds. The van der Waals surface area contributed by atoms with Crippen LogP contribution >= 0.6 is 12.2 Å². The topological polar surface area (TPSA) is 67.3 Å². The van der Waals surface area contributed by atoms with Crippen molar-refractivity contribution in [2.75, 3.05) is 17.3 Å². The highest BCUT2D eigenvalue weighted by Gasteiger charge is 2.15. The van der Waals surface area contributed by atoms with E-state index in [9.17, 15) is 4.79 Å². The summed E-state index contributed by atoms with van der Waals surface area (Å²) in [6.07, 6.45) is 4.27. The van der Waals surface area contributed by atoms with Gasteiger partial charge in [0.2, 0.25) is 0 Å². The molecule has 36 heavy (non-hydrogen) atoms. The number of amides is 1. The number of rotatable bonds is 4. The van der Waals surface area contributed by atoms with Gasteiger partial charge in [0, 0.05) is 24.0 Å². The van der Waals surface area contributed by atoms with Crippen LogP contribution in [0, 0.1) is 13.8 Å². The number of aryl methyl sites for hydroxylation is 4. The van der Waals surface area contributed by atoms with Gasteiger partial charge in [-0.15, -0.1) is 0 Å². The molecule has 0 aliphatic heterocycles. The maximum absolute atomic E-state index is 12.8. The Bertz CT molecular complexity index is 1470. The van der Waals surface area contributed by atoms with E-state index in [1.807, 2.05) is 36.2 Å². The van der Waals surface area contributed by atoms with Gasteiger partial charge < -0.3 is 15.0 Å². The Hall–Kier alpha value is -3.84. The molecule has 0 bridgehead atoms. The van der Waals surface area contributed by atoms with Gasteiger partial charge in [-0.3, -0.25) is 4.79 Å². The zero-order valence-electron chi connectivity index (χ0n) is 20.7. The van der Waals surface area contributed by atoms with Gasteiger partial charge in [-0.25, -0.2) is 9.97 Å². The second kappa shape index (κ2) is 10.0. The average molecular weight is 497 g/mol. The maximum atomic E-state index is 12.8. The third-order valence-electron chi connectivity index (χ3n) is 6.63. The molecule has 0 saturated heterocycles. The van der Waals surface area contributed by atoms with Crippen LogP contribution in [-0.4, -0.2) is 28.1 Å². The van der Waals surface area contributed by atoms with E-state index in [0.717, 1.165) is 47.4 Å². The first-order chi connectivity index (χ1) is 17.4. The van der Waals surface area contributed by atoms with Gasteiger partial charge in [0.05, 0.1) is 22.4 Å². The zero-order valence-corrected chi connectivity index (χ0v) is 21.5. The fraction of sp³-hybridized carbons (Fsp3) is 0.241. The Labute approximate surface area is 216 Å². The summed E-state index contributed by atoms with van der Waals surface area (Å²) in [6.45, 7) is 4.14. The van der Waals surface area contributed by atoms with Crippen LogP contribution in [0.15, 0.2) is 60.7 Å². The van der Waals surface area contributed by atoms with Crippen LogP contribution in [0.4, 0.5) is 11.4 Å². The largest absolute Gasteiger partial charge is 0.432 e. The van der Waals surface area contributed by atoms with E-state index in [0.29, 0.717) is 22.2 Å². The molecular weight excluding hydrogens is 468 g/mol. The summed E-state index contributed by atoms with van der Waals surface area (Å²) in [6, 6.07) is 18.7. The molecule has 4 aromatic rings. The first-order valence-corrected chi connectivity index (χ1v) is 12.5. The molecule has 1 aliphatic carbocycles. The van der Waals surface area contributed by atoms with Gasteiger partial charge in [-0.2, -0.15) is 0 Å². The van der Waals surface area contributed by atoms with Crippen LogP contribution in [0.3, 0.4) is 0 Å². The van der Waals surface area contributed by atoms with Gasteiger partial charge in [0.15, 0.2) is 0 Å². The molecule has 1 aliphatic rings. The van der Waals surface area contributed by atoms with Crippen molar-refractivity contribution in [3.8, 4) is 5.75 Å². The molecule has 0 radical (unpaired) electrons. The Morgan fingerprint density at radius 1 is 0.889 bits per heavy atom. The minimum Gasteiger partial charge on any atom is -0.432 e. The third-order valence-corrected chi connectivity index (χ3v) is 6.98. The number of anilines is 2. The monoisotopic (exact) mass is 496 g/mol. The highest BCUT2D eigenvalue weighted by molar-refractivity contribution is 7.80. The lowest BCUT2D eigenvalue weighted by Crippen LogP contribution is -2.29. The molecular formula is C29H28N4O2S. The van der Waals surface area contributed by atoms with E-state index in [-0.39, 0.29) is 5.91 Å². The van der Waals surface area contributed by atoms with Crippen LogP contribution in [-0.2, 0) is 12.8 Å². The fourth-order valence-electron chi connectivity index (χ4n) is 4.28. The van der Waals surface area contributed by atoms with E-state index >= 15 is 0 Å². The highest BCUT2D eigenvalue weighted by Crippen LogP contribution is 2.24. The van der Waals surface area contributed by atoms with Crippen LogP contribution in [0.1, 0.15) is 45.7 Å². The van der Waals surface area contributed by atoms with Crippen LogP contribution in [0.2, 0.25) is 0 Å². The van der Waals surface area contributed by atoms with Gasteiger partial charge in [-0.05, 0) is 117 Å². The number of carbonyl (C=O) groups is 1. The molecule has 1 aromatic heterocycles. The first kappa shape index (κ1) is 23.9. The number of carbonyl (C=O) groups excluding carboxylic acids is 1. The molecule has 0 unspecified atom stereocenters. The van der Waals surface area contributed by atoms with E-state index in [1.165, 1.54) is 17.5 Å². The molecule has 6 nitrogen and oxygen atoms in total. The van der Waals surface area contributed by atoms with E-state index < -0.39 is 0 Å². The maximum Gasteiger partial charge on any atom is 0.269 e. The van der Waals surface area contributed by atoms with Crippen molar-refractivity contribution in [3.05, 3.63) is 88.7 Å². The molecule has 7 heteroatoms. The number of benzene rings is 3. The Morgan fingerprint density at radius 2 is 1.58 bits per heavy atom. The standard InChI is InChI=1S/C29H28N4O2S/c1-18-8-12-22(16-19(18)2)33(3)29(36)35-23-13-9-20(10-14-23)28(34)30-21-11-15-26-27(17-21)32-25-7-5-4-6-24(25)31-26/h8-17H,4-7H2,1-3H3,(H,30,34). The number of nitrogens with zero attached hydrogens (tertiary/aromatic N) is 3. The summed E-state index contributed by atoms with van der Waals surface area (Å²) in [5, 5.41) is 3.29. The lowest BCUT2D eigenvalue weighted by atomic mass is 10.0. The number of ether oxygens (including phenoxy) is 1. The van der Waals surface area contributed by atoms with Crippen molar-refractivity contribution in [2.45, 2.75) is 39.5 Å². The lowest BCUT2D eigenvalue weighted by Gasteiger charge is -2.21. The molecule has 0 spiro atoms. The molecule has 182 valence electrons. The van der Waals surface area contributed by atoms with Gasteiger partial charge in [0.25, 0.3) is 11.1 Å². The number of hydrogen-bond donors (Lipinski definition) is 1. The molecule has 0 fully saturated rings. The summed E-state index contributed by atoms with van der Waals surface area (Å²) in [5.74, 6) is 0.361. The van der Waals surface area contributed by atoms with Crippen molar-refractivity contribution in [2.24, 2.45) is 0 Å². The number of hydrogen-bond acceptors (Lipinski definition) is 5. The molecule has 1 heterocycles. The first-order valence-electron chi connectivity index (χ1n) is 12.1. The third kappa shape index (κ3) is 5.06. The van der Waals surface area contributed by atoms with Crippen LogP contribution in [0.5, 0.6) is 5.75 Å². The van der Waals surface area contributed by atoms with Crippen molar-refractivity contribution >= 4 is 45.7 Å². The SMILES string of the molecule is Cc1ccc(N(C)C(=S)Oc2ccc(C(=O)Nc3ccc4nc5c(nc4c3)CCCC5)cc2)cc1C. The van der Waals surface area contributed by atoms with Gasteiger partial charge in [0.1, 0.15) is 5.75 Å². The highest BCUT2D eigenvalue weighted by atomic mass is 32.1. The summed E-state index contributed by atoms with van der Waals surface area (Å²) in [5.41, 5.74) is 8.43. The lowest BCUT2D eigenvalue weighted by molar-refractivity contribution is 0.102. The second-order valence-corrected chi connectivity index (χ2v) is 9.55. The van der Waals surface area contributed by atoms with Crippen molar-refractivity contribution in [1.29, 1.82) is 0 Å². The van der Waals surface area contributed by atoms with Gasteiger partial charge in [-0.1, -0.05) is 6.07 Å². The van der Waals surface area contributed by atoms with Crippen LogP contribution in [0.25, 0.3) is 11.0 Å². The number of thiocarbonyl (C=S) groups is 1. The molecule has 5 rings (SSSR count). The van der Waals surface area contributed by atoms with E-state index in [2.05, 4.69) is 31.3 Å². The Morgan fingerprint density at radius 3 is 2.28 bits per heavy atom. The quantitative estimate of drug-likeness (QED) is 0.341. The van der Waals surface area contributed by atoms with Crippen LogP contribution < -0.4 is 15.0 Å². The van der Waals surface area contributed by atoms with Crippen molar-refractivity contribution in [1.82, 2.24) is 9.97 Å². The molecule has 3 aromatic carbocycles. The minimum atomic E-state index is -0.207. The summed E-state index contributed by atoms with van der Waals surface area (Å²) < 4.78 is 5.86. The van der Waals surface area contributed by atoms with E-state index in [1.54, 1.807) is 24.3 Å². The zero-order chi connectivity index (χ0) is 25.2.